The summed E-state index contributed by atoms with van der Waals surface area (Å²) >= 11 is 1.63. The Morgan fingerprint density at radius 3 is 1.87 bits per heavy atom. The molecule has 0 spiro atoms. The highest BCUT2D eigenvalue weighted by molar-refractivity contribution is 7.99. The molecule has 1 unspecified atom stereocenters. The summed E-state index contributed by atoms with van der Waals surface area (Å²) in [5.41, 5.74) is 0. The molecule has 0 aromatic carbocycles. The molecular weight excluding hydrogens is 408 g/mol. The van der Waals surface area contributed by atoms with Crippen molar-refractivity contribution in [2.75, 3.05) is 24.7 Å². The number of allylic oxidation sites excluding steroid dienone is 1. The molecule has 0 amide bonds. The molecule has 180 valence electrons. The third-order valence-electron chi connectivity index (χ3n) is 5.74. The van der Waals surface area contributed by atoms with Crippen LogP contribution in [0.4, 0.5) is 0 Å². The fourth-order valence-corrected chi connectivity index (χ4v) is 4.42. The molecule has 1 heterocycles. The summed E-state index contributed by atoms with van der Waals surface area (Å²) < 4.78 is 10.5. The summed E-state index contributed by atoms with van der Waals surface area (Å²) in [5.74, 6) is 0.367. The third kappa shape index (κ3) is 17.3. The van der Waals surface area contributed by atoms with Crippen molar-refractivity contribution in [3.8, 4) is 0 Å². The van der Waals surface area contributed by atoms with Crippen molar-refractivity contribution in [2.24, 2.45) is 5.92 Å². The summed E-state index contributed by atoms with van der Waals surface area (Å²) in [4.78, 5) is 24.1. The summed E-state index contributed by atoms with van der Waals surface area (Å²) in [6.45, 7) is 3.09. The molecule has 5 heteroatoms. The van der Waals surface area contributed by atoms with Crippen molar-refractivity contribution >= 4 is 23.7 Å². The maximum Gasteiger partial charge on any atom is 0.313 e. The first kappa shape index (κ1) is 28.1. The Bertz CT molecular complexity index is 478. The zero-order valence-corrected chi connectivity index (χ0v) is 20.7. The van der Waals surface area contributed by atoms with Crippen LogP contribution >= 0.6 is 11.8 Å². The fraction of sp³-hybridized carbons (Fsp3) is 0.846. The normalized spacial score (nSPS) is 18.5. The van der Waals surface area contributed by atoms with Crippen LogP contribution < -0.4 is 0 Å². The lowest BCUT2D eigenvalue weighted by atomic mass is 10.0. The van der Waals surface area contributed by atoms with E-state index in [2.05, 4.69) is 6.92 Å². The number of hydrogen-bond donors (Lipinski definition) is 0. The zero-order valence-electron chi connectivity index (χ0n) is 19.9. The molecule has 1 rings (SSSR count). The molecular formula is C26H46O4S. The maximum absolute atomic E-state index is 12.2. The van der Waals surface area contributed by atoms with Gasteiger partial charge in [-0.3, -0.25) is 9.59 Å². The van der Waals surface area contributed by atoms with Crippen LogP contribution in [-0.4, -0.2) is 36.7 Å². The first-order chi connectivity index (χ1) is 15.2. The van der Waals surface area contributed by atoms with E-state index >= 15 is 0 Å². The highest BCUT2D eigenvalue weighted by Gasteiger charge is 2.22. The molecule has 31 heavy (non-hydrogen) atoms. The lowest BCUT2D eigenvalue weighted by Gasteiger charge is -2.11. The minimum absolute atomic E-state index is 0.0821. The number of rotatable bonds is 16. The number of ether oxygens (including phenoxy) is 2. The van der Waals surface area contributed by atoms with Crippen molar-refractivity contribution < 1.29 is 19.1 Å². The van der Waals surface area contributed by atoms with E-state index in [1.807, 2.05) is 12.2 Å². The van der Waals surface area contributed by atoms with Gasteiger partial charge < -0.3 is 9.47 Å². The smallest absolute Gasteiger partial charge is 0.313 e. The molecule has 0 saturated carbocycles. The number of unbranched alkanes of at least 4 members (excludes halogenated alkanes) is 14. The molecule has 1 saturated heterocycles. The van der Waals surface area contributed by atoms with Crippen molar-refractivity contribution in [3.63, 3.8) is 0 Å². The number of carbonyl (C=O) groups is 2. The molecule has 0 bridgehead atoms. The molecule has 1 atom stereocenters. The van der Waals surface area contributed by atoms with Gasteiger partial charge in [0.05, 0.1) is 12.3 Å². The number of thioether (sulfide) groups is 1. The van der Waals surface area contributed by atoms with Crippen LogP contribution in [0.5, 0.6) is 0 Å². The Kier molecular flexibility index (Phi) is 18.9. The molecule has 0 radical (unpaired) electrons. The van der Waals surface area contributed by atoms with Crippen LogP contribution in [0.2, 0.25) is 0 Å². The van der Waals surface area contributed by atoms with Crippen LogP contribution in [0.25, 0.3) is 0 Å². The minimum atomic E-state index is -0.512. The number of cyclic esters (lactones) is 2. The van der Waals surface area contributed by atoms with Crippen molar-refractivity contribution in [3.05, 3.63) is 12.2 Å². The Morgan fingerprint density at radius 1 is 0.774 bits per heavy atom. The largest absolute Gasteiger partial charge is 0.465 e. The first-order valence-electron chi connectivity index (χ1n) is 12.8. The average molecular weight is 455 g/mol. The highest BCUT2D eigenvalue weighted by Crippen LogP contribution is 2.15. The third-order valence-corrected chi connectivity index (χ3v) is 6.66. The predicted octanol–water partition coefficient (Wildman–Crippen LogP) is 7.25. The molecule has 1 aliphatic heterocycles. The van der Waals surface area contributed by atoms with Gasteiger partial charge in [0.2, 0.25) is 0 Å². The second kappa shape index (κ2) is 20.9. The van der Waals surface area contributed by atoms with Crippen molar-refractivity contribution in [2.45, 2.75) is 110 Å². The van der Waals surface area contributed by atoms with Crippen LogP contribution in [-0.2, 0) is 19.1 Å². The Labute approximate surface area is 195 Å². The topological polar surface area (TPSA) is 52.6 Å². The van der Waals surface area contributed by atoms with Gasteiger partial charge in [0.1, 0.15) is 13.2 Å². The maximum atomic E-state index is 12.2. The summed E-state index contributed by atoms with van der Waals surface area (Å²) in [7, 11) is 0. The van der Waals surface area contributed by atoms with Crippen LogP contribution in [0.1, 0.15) is 110 Å². The number of esters is 2. The number of hydrogen-bond acceptors (Lipinski definition) is 5. The van der Waals surface area contributed by atoms with Gasteiger partial charge in [0, 0.05) is 11.5 Å². The van der Waals surface area contributed by atoms with E-state index in [9.17, 15) is 9.59 Å². The molecule has 0 aromatic rings. The lowest BCUT2D eigenvalue weighted by Crippen LogP contribution is -2.21. The SMILES string of the molecule is CCCCCCCCCCCCCCCCC=CC1CC(=O)OCCSCCOC1=O. The fourth-order valence-electron chi connectivity index (χ4n) is 3.81. The summed E-state index contributed by atoms with van der Waals surface area (Å²) in [6.07, 6.45) is 23.9. The molecule has 4 nitrogen and oxygen atoms in total. The van der Waals surface area contributed by atoms with E-state index < -0.39 is 5.92 Å². The van der Waals surface area contributed by atoms with E-state index in [1.54, 1.807) is 11.8 Å². The van der Waals surface area contributed by atoms with Gasteiger partial charge in [0.15, 0.2) is 0 Å². The van der Waals surface area contributed by atoms with E-state index in [-0.39, 0.29) is 18.4 Å². The molecule has 1 aliphatic rings. The quantitative estimate of drug-likeness (QED) is 0.140. The van der Waals surface area contributed by atoms with Gasteiger partial charge in [-0.2, -0.15) is 11.8 Å². The van der Waals surface area contributed by atoms with Gasteiger partial charge in [-0.25, -0.2) is 0 Å². The van der Waals surface area contributed by atoms with Gasteiger partial charge in [-0.05, 0) is 12.8 Å². The predicted molar refractivity (Wildman–Crippen MR) is 131 cm³/mol. The number of carbonyl (C=O) groups excluding carboxylic acids is 2. The molecule has 0 aliphatic carbocycles. The van der Waals surface area contributed by atoms with E-state index in [0.29, 0.717) is 13.2 Å². The zero-order chi connectivity index (χ0) is 22.4. The lowest BCUT2D eigenvalue weighted by molar-refractivity contribution is -0.152. The second-order valence-electron chi connectivity index (χ2n) is 8.62. The van der Waals surface area contributed by atoms with Gasteiger partial charge >= 0.3 is 11.9 Å². The standard InChI is InChI=1S/C26H46O4S/c1-2-3-4-5-6-7-8-9-10-11-12-13-14-15-16-17-18-24-23-25(27)29-19-21-31-22-20-30-26(24)28/h17-18,24H,2-16,19-23H2,1H3. The van der Waals surface area contributed by atoms with Crippen molar-refractivity contribution in [1.29, 1.82) is 0 Å². The van der Waals surface area contributed by atoms with Gasteiger partial charge in [-0.15, -0.1) is 0 Å². The molecule has 0 aromatic heterocycles. The Morgan fingerprint density at radius 2 is 1.29 bits per heavy atom. The monoisotopic (exact) mass is 454 g/mol. The average Bonchev–Trinajstić information content (AvgIpc) is 2.80. The minimum Gasteiger partial charge on any atom is -0.465 e. The summed E-state index contributed by atoms with van der Waals surface area (Å²) in [6, 6.07) is 0. The van der Waals surface area contributed by atoms with Crippen LogP contribution in [0.15, 0.2) is 12.2 Å². The first-order valence-corrected chi connectivity index (χ1v) is 14.0. The van der Waals surface area contributed by atoms with E-state index in [1.165, 1.54) is 83.5 Å². The van der Waals surface area contributed by atoms with Crippen LogP contribution in [0, 0.1) is 5.92 Å². The van der Waals surface area contributed by atoms with E-state index in [4.69, 9.17) is 9.47 Å². The van der Waals surface area contributed by atoms with E-state index in [0.717, 1.165) is 24.3 Å². The van der Waals surface area contributed by atoms with Crippen LogP contribution in [0.3, 0.4) is 0 Å². The Balaban J connectivity index is 2.01. The van der Waals surface area contributed by atoms with Gasteiger partial charge in [-0.1, -0.05) is 103 Å². The van der Waals surface area contributed by atoms with Crippen molar-refractivity contribution in [1.82, 2.24) is 0 Å². The second-order valence-corrected chi connectivity index (χ2v) is 9.85. The summed E-state index contributed by atoms with van der Waals surface area (Å²) in [5, 5.41) is 0. The van der Waals surface area contributed by atoms with Gasteiger partial charge in [0.25, 0.3) is 0 Å². The highest BCUT2D eigenvalue weighted by atomic mass is 32.2. The Hall–Kier alpha value is -0.970. The molecule has 0 N–H and O–H groups in total. The molecule has 1 fully saturated rings.